The van der Waals surface area contributed by atoms with E-state index in [1.807, 2.05) is 29.6 Å². The van der Waals surface area contributed by atoms with E-state index in [0.29, 0.717) is 13.2 Å². The predicted octanol–water partition coefficient (Wildman–Crippen LogP) is 2.22. The zero-order valence-electron chi connectivity index (χ0n) is 8.93. The molecule has 0 fully saturated rings. The molecule has 0 bridgehead atoms. The molecule has 2 aromatic rings. The van der Waals surface area contributed by atoms with Crippen LogP contribution in [0.15, 0.2) is 35.8 Å². The van der Waals surface area contributed by atoms with Crippen molar-refractivity contribution >= 4 is 11.3 Å². The Morgan fingerprint density at radius 2 is 2.19 bits per heavy atom. The summed E-state index contributed by atoms with van der Waals surface area (Å²) in [5.74, 6) is 0.906. The molecular formula is C12H14N2OS. The molecule has 16 heavy (non-hydrogen) atoms. The van der Waals surface area contributed by atoms with Gasteiger partial charge in [-0.15, -0.1) is 11.3 Å². The van der Waals surface area contributed by atoms with Crippen molar-refractivity contribution in [2.75, 3.05) is 6.54 Å². The van der Waals surface area contributed by atoms with E-state index in [1.165, 1.54) is 0 Å². The maximum atomic E-state index is 5.73. The number of hydrogen-bond acceptors (Lipinski definition) is 4. The lowest BCUT2D eigenvalue weighted by atomic mass is 10.1. The van der Waals surface area contributed by atoms with Crippen molar-refractivity contribution in [2.45, 2.75) is 13.0 Å². The third-order valence-electron chi connectivity index (χ3n) is 2.22. The Kier molecular flexibility index (Phi) is 3.91. The van der Waals surface area contributed by atoms with Gasteiger partial charge in [-0.05, 0) is 24.6 Å². The van der Waals surface area contributed by atoms with E-state index in [1.54, 1.807) is 17.5 Å². The van der Waals surface area contributed by atoms with Crippen LogP contribution in [0.4, 0.5) is 0 Å². The third-order valence-corrected chi connectivity index (χ3v) is 2.97. The lowest BCUT2D eigenvalue weighted by Crippen LogP contribution is -2.05. The molecule has 2 rings (SSSR count). The van der Waals surface area contributed by atoms with Crippen molar-refractivity contribution in [3.05, 3.63) is 46.4 Å². The summed E-state index contributed by atoms with van der Waals surface area (Å²) in [5, 5.41) is 2.94. The van der Waals surface area contributed by atoms with E-state index >= 15 is 0 Å². The lowest BCUT2D eigenvalue weighted by molar-refractivity contribution is 0.302. The van der Waals surface area contributed by atoms with Gasteiger partial charge in [0.25, 0.3) is 0 Å². The van der Waals surface area contributed by atoms with Crippen LogP contribution >= 0.6 is 11.3 Å². The van der Waals surface area contributed by atoms with E-state index in [0.717, 1.165) is 22.7 Å². The fraction of sp³-hybridized carbons (Fsp3) is 0.250. The molecule has 0 aliphatic heterocycles. The van der Waals surface area contributed by atoms with Gasteiger partial charge in [-0.25, -0.2) is 4.98 Å². The van der Waals surface area contributed by atoms with Gasteiger partial charge in [0.05, 0.1) is 0 Å². The highest BCUT2D eigenvalue weighted by atomic mass is 32.1. The Morgan fingerprint density at radius 3 is 2.94 bits per heavy atom. The molecule has 0 unspecified atom stereocenters. The van der Waals surface area contributed by atoms with E-state index in [-0.39, 0.29) is 0 Å². The first-order chi connectivity index (χ1) is 7.90. The summed E-state index contributed by atoms with van der Waals surface area (Å²) in [5.41, 5.74) is 6.71. The van der Waals surface area contributed by atoms with E-state index in [2.05, 4.69) is 4.98 Å². The van der Waals surface area contributed by atoms with Gasteiger partial charge in [-0.3, -0.25) is 0 Å². The monoisotopic (exact) mass is 234 g/mol. The summed E-state index contributed by atoms with van der Waals surface area (Å²) in [6, 6.07) is 7.99. The van der Waals surface area contributed by atoms with Crippen molar-refractivity contribution in [3.8, 4) is 5.75 Å². The second-order valence-electron chi connectivity index (χ2n) is 3.36. The molecule has 1 aromatic carbocycles. The molecule has 0 saturated heterocycles. The highest BCUT2D eigenvalue weighted by molar-refractivity contribution is 7.09. The normalized spacial score (nSPS) is 10.3. The van der Waals surface area contributed by atoms with Crippen LogP contribution in [0.25, 0.3) is 0 Å². The Morgan fingerprint density at radius 1 is 1.31 bits per heavy atom. The number of rotatable bonds is 5. The van der Waals surface area contributed by atoms with Gasteiger partial charge >= 0.3 is 0 Å². The Balaban J connectivity index is 2.03. The van der Waals surface area contributed by atoms with Crippen molar-refractivity contribution < 1.29 is 4.74 Å². The second kappa shape index (κ2) is 5.63. The van der Waals surface area contributed by atoms with Gasteiger partial charge in [-0.2, -0.15) is 0 Å². The number of nitrogens with zero attached hydrogens (tertiary/aromatic N) is 1. The van der Waals surface area contributed by atoms with E-state index in [4.69, 9.17) is 10.5 Å². The first-order valence-corrected chi connectivity index (χ1v) is 6.07. The van der Waals surface area contributed by atoms with Crippen LogP contribution in [0.1, 0.15) is 10.6 Å². The first kappa shape index (κ1) is 11.1. The minimum Gasteiger partial charge on any atom is -0.486 e. The lowest BCUT2D eigenvalue weighted by Gasteiger charge is -2.09. The largest absolute Gasteiger partial charge is 0.486 e. The molecule has 0 atom stereocenters. The van der Waals surface area contributed by atoms with E-state index in [9.17, 15) is 0 Å². The maximum absolute atomic E-state index is 5.73. The smallest absolute Gasteiger partial charge is 0.140 e. The maximum Gasteiger partial charge on any atom is 0.140 e. The first-order valence-electron chi connectivity index (χ1n) is 5.19. The molecule has 0 saturated carbocycles. The molecule has 1 heterocycles. The van der Waals surface area contributed by atoms with Crippen molar-refractivity contribution in [3.63, 3.8) is 0 Å². The quantitative estimate of drug-likeness (QED) is 0.863. The number of para-hydroxylation sites is 1. The highest BCUT2D eigenvalue weighted by Crippen LogP contribution is 2.19. The van der Waals surface area contributed by atoms with Crippen LogP contribution in [0.3, 0.4) is 0 Å². The standard InChI is InChI=1S/C12H14N2OS/c13-6-5-10-3-1-2-4-11(10)15-9-12-14-7-8-16-12/h1-4,7-8H,5-6,9,13H2. The fourth-order valence-electron chi connectivity index (χ4n) is 1.47. The number of aromatic nitrogens is 1. The van der Waals surface area contributed by atoms with Crippen LogP contribution in [-0.2, 0) is 13.0 Å². The fourth-order valence-corrected chi connectivity index (χ4v) is 2.00. The van der Waals surface area contributed by atoms with Gasteiger partial charge in [0.1, 0.15) is 17.4 Å². The average molecular weight is 234 g/mol. The van der Waals surface area contributed by atoms with Crippen molar-refractivity contribution in [2.24, 2.45) is 5.73 Å². The summed E-state index contributed by atoms with van der Waals surface area (Å²) >= 11 is 1.60. The highest BCUT2D eigenvalue weighted by Gasteiger charge is 2.03. The van der Waals surface area contributed by atoms with Crippen LogP contribution in [0, 0.1) is 0 Å². The molecular weight excluding hydrogens is 220 g/mol. The van der Waals surface area contributed by atoms with Crippen LogP contribution in [0.2, 0.25) is 0 Å². The van der Waals surface area contributed by atoms with Gasteiger partial charge in [0.2, 0.25) is 0 Å². The zero-order chi connectivity index (χ0) is 11.2. The minimum atomic E-state index is 0.527. The van der Waals surface area contributed by atoms with Crippen molar-refractivity contribution in [1.82, 2.24) is 4.98 Å². The summed E-state index contributed by atoms with van der Waals surface area (Å²) in [4.78, 5) is 4.18. The molecule has 84 valence electrons. The zero-order valence-corrected chi connectivity index (χ0v) is 9.74. The molecule has 0 amide bonds. The third kappa shape index (κ3) is 2.81. The summed E-state index contributed by atoms with van der Waals surface area (Å²) in [6.45, 7) is 1.16. The Labute approximate surface area is 98.9 Å². The summed E-state index contributed by atoms with van der Waals surface area (Å²) < 4.78 is 5.73. The topological polar surface area (TPSA) is 48.1 Å². The SMILES string of the molecule is NCCc1ccccc1OCc1nccs1. The van der Waals surface area contributed by atoms with Gasteiger partial charge in [-0.1, -0.05) is 18.2 Å². The van der Waals surface area contributed by atoms with Crippen molar-refractivity contribution in [1.29, 1.82) is 0 Å². The van der Waals surface area contributed by atoms with Gasteiger partial charge in [0, 0.05) is 11.6 Å². The van der Waals surface area contributed by atoms with Gasteiger partial charge < -0.3 is 10.5 Å². The average Bonchev–Trinajstić information content (AvgIpc) is 2.81. The molecule has 0 aliphatic carbocycles. The Hall–Kier alpha value is -1.39. The number of benzene rings is 1. The summed E-state index contributed by atoms with van der Waals surface area (Å²) in [7, 11) is 0. The number of thiazole rings is 1. The molecule has 0 spiro atoms. The second-order valence-corrected chi connectivity index (χ2v) is 4.34. The van der Waals surface area contributed by atoms with Crippen LogP contribution in [0.5, 0.6) is 5.75 Å². The number of ether oxygens (including phenoxy) is 1. The van der Waals surface area contributed by atoms with Crippen LogP contribution < -0.4 is 10.5 Å². The van der Waals surface area contributed by atoms with E-state index < -0.39 is 0 Å². The molecule has 3 nitrogen and oxygen atoms in total. The van der Waals surface area contributed by atoms with Gasteiger partial charge in [0.15, 0.2) is 0 Å². The minimum absolute atomic E-state index is 0.527. The Bertz CT molecular complexity index is 428. The molecule has 1 aromatic heterocycles. The number of nitrogens with two attached hydrogens (primary N) is 1. The molecule has 2 N–H and O–H groups in total. The predicted molar refractivity (Wildman–Crippen MR) is 65.6 cm³/mol. The molecule has 0 aliphatic rings. The molecule has 0 radical (unpaired) electrons. The summed E-state index contributed by atoms with van der Waals surface area (Å²) in [6.07, 6.45) is 2.63. The van der Waals surface area contributed by atoms with Crippen LogP contribution in [-0.4, -0.2) is 11.5 Å². The molecule has 4 heteroatoms. The number of hydrogen-bond donors (Lipinski definition) is 1.